The molecule has 0 aliphatic carbocycles. The van der Waals surface area contributed by atoms with Gasteiger partial charge in [-0.05, 0) is 20.0 Å². The third-order valence-corrected chi connectivity index (χ3v) is 3.58. The average molecular weight is 222 g/mol. The van der Waals surface area contributed by atoms with Crippen LogP contribution < -0.4 is 5.73 Å². The van der Waals surface area contributed by atoms with Gasteiger partial charge in [0.2, 0.25) is 0 Å². The summed E-state index contributed by atoms with van der Waals surface area (Å²) < 4.78 is 0. The van der Waals surface area contributed by atoms with Gasteiger partial charge in [0.1, 0.15) is 5.82 Å². The number of nitrogens with one attached hydrogen (secondary N) is 1. The predicted octanol–water partition coefficient (Wildman–Crippen LogP) is 1.07. The van der Waals surface area contributed by atoms with Crippen LogP contribution in [-0.2, 0) is 5.41 Å². The lowest BCUT2D eigenvalue weighted by Gasteiger charge is -2.19. The van der Waals surface area contributed by atoms with Gasteiger partial charge in [-0.25, -0.2) is 4.98 Å². The number of nitrogens with two attached hydrogens (primary N) is 1. The molecule has 4 nitrogen and oxygen atoms in total. The van der Waals surface area contributed by atoms with Gasteiger partial charge in [0, 0.05) is 36.3 Å². The molecule has 16 heavy (non-hydrogen) atoms. The van der Waals surface area contributed by atoms with Crippen LogP contribution >= 0.6 is 0 Å². The SMILES string of the molecule is CN1CCC(c2cnc(C(C)(C)CN)[nH]2)C1. The molecule has 2 heterocycles. The predicted molar refractivity (Wildman–Crippen MR) is 65.5 cm³/mol. The molecule has 90 valence electrons. The van der Waals surface area contributed by atoms with Crippen LogP contribution in [0.2, 0.25) is 0 Å². The second-order valence-corrected chi connectivity index (χ2v) is 5.52. The molecule has 0 amide bonds. The maximum absolute atomic E-state index is 5.75. The minimum absolute atomic E-state index is 0.0528. The molecule has 1 aliphatic rings. The lowest BCUT2D eigenvalue weighted by Crippen LogP contribution is -2.29. The number of aromatic nitrogens is 2. The van der Waals surface area contributed by atoms with Crippen molar-refractivity contribution in [3.05, 3.63) is 17.7 Å². The van der Waals surface area contributed by atoms with Crippen LogP contribution in [0.3, 0.4) is 0 Å². The van der Waals surface area contributed by atoms with Crippen LogP contribution in [0.5, 0.6) is 0 Å². The van der Waals surface area contributed by atoms with E-state index in [0.717, 1.165) is 12.4 Å². The Morgan fingerprint density at radius 3 is 2.94 bits per heavy atom. The molecule has 1 atom stereocenters. The summed E-state index contributed by atoms with van der Waals surface area (Å²) in [5, 5.41) is 0. The summed E-state index contributed by atoms with van der Waals surface area (Å²) in [4.78, 5) is 10.3. The van der Waals surface area contributed by atoms with E-state index < -0.39 is 0 Å². The zero-order valence-corrected chi connectivity index (χ0v) is 10.5. The third kappa shape index (κ3) is 2.13. The van der Waals surface area contributed by atoms with E-state index in [1.54, 1.807) is 0 Å². The first-order valence-corrected chi connectivity index (χ1v) is 5.97. The van der Waals surface area contributed by atoms with E-state index in [2.05, 4.69) is 35.8 Å². The Kier molecular flexibility index (Phi) is 3.04. The van der Waals surface area contributed by atoms with Crippen LogP contribution in [0.1, 0.15) is 37.7 Å². The Labute approximate surface area is 97.2 Å². The van der Waals surface area contributed by atoms with E-state index in [9.17, 15) is 0 Å². The largest absolute Gasteiger partial charge is 0.345 e. The minimum atomic E-state index is -0.0528. The van der Waals surface area contributed by atoms with Gasteiger partial charge in [-0.1, -0.05) is 13.8 Å². The molecule has 1 unspecified atom stereocenters. The molecular weight excluding hydrogens is 200 g/mol. The normalized spacial score (nSPS) is 22.9. The molecule has 0 aromatic carbocycles. The highest BCUT2D eigenvalue weighted by Crippen LogP contribution is 2.27. The summed E-state index contributed by atoms with van der Waals surface area (Å²) in [6, 6.07) is 0. The quantitative estimate of drug-likeness (QED) is 0.804. The molecule has 0 radical (unpaired) electrons. The summed E-state index contributed by atoms with van der Waals surface area (Å²) in [5.41, 5.74) is 6.97. The molecule has 2 rings (SSSR count). The Hall–Kier alpha value is -0.870. The van der Waals surface area contributed by atoms with E-state index in [1.807, 2.05) is 6.20 Å². The molecule has 1 aliphatic heterocycles. The van der Waals surface area contributed by atoms with Crippen molar-refractivity contribution in [3.8, 4) is 0 Å². The lowest BCUT2D eigenvalue weighted by atomic mass is 9.93. The maximum Gasteiger partial charge on any atom is 0.113 e. The van der Waals surface area contributed by atoms with Gasteiger partial charge in [-0.2, -0.15) is 0 Å². The molecule has 1 aromatic rings. The standard InChI is InChI=1S/C12H22N4/c1-12(2,8-13)11-14-6-10(15-11)9-4-5-16(3)7-9/h6,9H,4-5,7-8,13H2,1-3H3,(H,14,15). The molecule has 1 aromatic heterocycles. The van der Waals surface area contributed by atoms with Crippen molar-refractivity contribution in [1.82, 2.24) is 14.9 Å². The number of rotatable bonds is 3. The number of nitrogens with zero attached hydrogens (tertiary/aromatic N) is 2. The number of likely N-dealkylation sites (N-methyl/N-ethyl adjacent to an activating group) is 1. The highest BCUT2D eigenvalue weighted by Gasteiger charge is 2.26. The highest BCUT2D eigenvalue weighted by atomic mass is 15.1. The Morgan fingerprint density at radius 2 is 2.38 bits per heavy atom. The number of imidazole rings is 1. The average Bonchev–Trinajstić information content (AvgIpc) is 2.85. The highest BCUT2D eigenvalue weighted by molar-refractivity contribution is 5.15. The van der Waals surface area contributed by atoms with Crippen LogP contribution in [0.25, 0.3) is 0 Å². The maximum atomic E-state index is 5.75. The van der Waals surface area contributed by atoms with Crippen molar-refractivity contribution in [3.63, 3.8) is 0 Å². The summed E-state index contributed by atoms with van der Waals surface area (Å²) in [6.07, 6.45) is 3.21. The number of hydrogen-bond donors (Lipinski definition) is 2. The van der Waals surface area contributed by atoms with E-state index in [-0.39, 0.29) is 5.41 Å². The molecule has 4 heteroatoms. The number of aromatic amines is 1. The minimum Gasteiger partial charge on any atom is -0.345 e. The first-order chi connectivity index (χ1) is 7.53. The first-order valence-electron chi connectivity index (χ1n) is 5.97. The fourth-order valence-electron chi connectivity index (χ4n) is 2.17. The van der Waals surface area contributed by atoms with Crippen LogP contribution in [0.15, 0.2) is 6.20 Å². The van der Waals surface area contributed by atoms with Gasteiger partial charge in [0.15, 0.2) is 0 Å². The van der Waals surface area contributed by atoms with Gasteiger partial charge in [-0.15, -0.1) is 0 Å². The van der Waals surface area contributed by atoms with Crippen LogP contribution in [0.4, 0.5) is 0 Å². The smallest absolute Gasteiger partial charge is 0.113 e. The molecule has 1 fully saturated rings. The fraction of sp³-hybridized carbons (Fsp3) is 0.750. The zero-order valence-electron chi connectivity index (χ0n) is 10.5. The van der Waals surface area contributed by atoms with Gasteiger partial charge >= 0.3 is 0 Å². The van der Waals surface area contributed by atoms with Crippen molar-refractivity contribution in [2.24, 2.45) is 5.73 Å². The second kappa shape index (κ2) is 4.18. The van der Waals surface area contributed by atoms with E-state index in [1.165, 1.54) is 18.7 Å². The Bertz CT molecular complexity index is 356. The summed E-state index contributed by atoms with van der Waals surface area (Å²) >= 11 is 0. The Balaban J connectivity index is 2.14. The summed E-state index contributed by atoms with van der Waals surface area (Å²) in [7, 11) is 2.17. The van der Waals surface area contributed by atoms with Crippen molar-refractivity contribution in [2.75, 3.05) is 26.7 Å². The van der Waals surface area contributed by atoms with Crippen molar-refractivity contribution >= 4 is 0 Å². The van der Waals surface area contributed by atoms with E-state index in [0.29, 0.717) is 12.5 Å². The first kappa shape index (κ1) is 11.6. The number of hydrogen-bond acceptors (Lipinski definition) is 3. The second-order valence-electron chi connectivity index (χ2n) is 5.52. The van der Waals surface area contributed by atoms with E-state index in [4.69, 9.17) is 5.73 Å². The van der Waals surface area contributed by atoms with Crippen molar-refractivity contribution < 1.29 is 0 Å². The van der Waals surface area contributed by atoms with Gasteiger partial charge in [0.05, 0.1) is 0 Å². The molecule has 1 saturated heterocycles. The van der Waals surface area contributed by atoms with Crippen LogP contribution in [0, 0.1) is 0 Å². The monoisotopic (exact) mass is 222 g/mol. The molecule has 3 N–H and O–H groups in total. The van der Waals surface area contributed by atoms with Crippen molar-refractivity contribution in [2.45, 2.75) is 31.6 Å². The molecular formula is C12H22N4. The number of likely N-dealkylation sites (tertiary alicyclic amines) is 1. The van der Waals surface area contributed by atoms with Crippen LogP contribution in [-0.4, -0.2) is 41.5 Å². The summed E-state index contributed by atoms with van der Waals surface area (Å²) in [6.45, 7) is 7.17. The zero-order chi connectivity index (χ0) is 11.8. The third-order valence-electron chi connectivity index (χ3n) is 3.58. The summed E-state index contributed by atoms with van der Waals surface area (Å²) in [5.74, 6) is 1.62. The molecule has 0 spiro atoms. The van der Waals surface area contributed by atoms with Crippen molar-refractivity contribution in [1.29, 1.82) is 0 Å². The van der Waals surface area contributed by atoms with Gasteiger partial charge in [-0.3, -0.25) is 0 Å². The fourth-order valence-corrected chi connectivity index (χ4v) is 2.17. The van der Waals surface area contributed by atoms with E-state index >= 15 is 0 Å². The topological polar surface area (TPSA) is 57.9 Å². The van der Waals surface area contributed by atoms with Gasteiger partial charge < -0.3 is 15.6 Å². The lowest BCUT2D eigenvalue weighted by molar-refractivity contribution is 0.410. The van der Waals surface area contributed by atoms with Gasteiger partial charge in [0.25, 0.3) is 0 Å². The number of H-pyrrole nitrogens is 1. The molecule has 0 saturated carbocycles. The molecule has 0 bridgehead atoms. The Morgan fingerprint density at radius 1 is 1.62 bits per heavy atom.